The number of nitrogens with one attached hydrogen (secondary N) is 2. The number of nitro benzene ring substituents is 1. The molecule has 2 N–H and O–H groups in total. The molecule has 2 aromatic carbocycles. The van der Waals surface area contributed by atoms with Gasteiger partial charge in [0.15, 0.2) is 0 Å². The molecule has 0 unspecified atom stereocenters. The quantitative estimate of drug-likeness (QED) is 0.445. The molecule has 0 saturated carbocycles. The molecule has 7 nitrogen and oxygen atoms in total. The Kier molecular flexibility index (Phi) is 6.57. The van der Waals surface area contributed by atoms with Crippen LogP contribution in [0.25, 0.3) is 0 Å². The number of nitrogens with zero attached hydrogens (tertiary/aromatic N) is 1. The fraction of sp³-hybridized carbons (Fsp3) is 0.263. The molecule has 0 radical (unpaired) electrons. The molecule has 0 aliphatic rings. The number of carbonyl (C=O) groups excluding carboxylic acids is 2. The van der Waals surface area contributed by atoms with Crippen LogP contribution in [0.3, 0.4) is 0 Å². The van der Waals surface area contributed by atoms with Gasteiger partial charge in [-0.15, -0.1) is 11.8 Å². The number of anilines is 1. The summed E-state index contributed by atoms with van der Waals surface area (Å²) in [7, 11) is 0. The molecular weight excluding hydrogens is 366 g/mol. The molecule has 8 heteroatoms. The number of amides is 2. The first-order valence-electron chi connectivity index (χ1n) is 8.24. The van der Waals surface area contributed by atoms with Crippen molar-refractivity contribution < 1.29 is 14.5 Å². The highest BCUT2D eigenvalue weighted by atomic mass is 32.2. The SMILES string of the molecule is CC(C)(C)NC(=O)c1ccc(NC(=O)CSc2ccc([N+](=O)[O-])cc2)cc1. The van der Waals surface area contributed by atoms with Crippen molar-refractivity contribution >= 4 is 35.0 Å². The number of thioether (sulfide) groups is 1. The third kappa shape index (κ3) is 6.74. The van der Waals surface area contributed by atoms with E-state index >= 15 is 0 Å². The van der Waals surface area contributed by atoms with Gasteiger partial charge in [0.25, 0.3) is 11.6 Å². The van der Waals surface area contributed by atoms with E-state index < -0.39 is 4.92 Å². The Balaban J connectivity index is 1.86. The average Bonchev–Trinajstić information content (AvgIpc) is 2.59. The number of hydrogen-bond acceptors (Lipinski definition) is 5. The van der Waals surface area contributed by atoms with Crippen LogP contribution in [0.15, 0.2) is 53.4 Å². The normalized spacial score (nSPS) is 10.9. The second-order valence-electron chi connectivity index (χ2n) is 6.87. The lowest BCUT2D eigenvalue weighted by Crippen LogP contribution is -2.40. The van der Waals surface area contributed by atoms with Crippen LogP contribution in [-0.4, -0.2) is 28.0 Å². The maximum Gasteiger partial charge on any atom is 0.269 e. The van der Waals surface area contributed by atoms with Crippen LogP contribution < -0.4 is 10.6 Å². The first-order valence-corrected chi connectivity index (χ1v) is 9.22. The van der Waals surface area contributed by atoms with Crippen LogP contribution in [0.2, 0.25) is 0 Å². The van der Waals surface area contributed by atoms with Crippen LogP contribution in [0.4, 0.5) is 11.4 Å². The Labute approximate surface area is 161 Å². The largest absolute Gasteiger partial charge is 0.347 e. The van der Waals surface area contributed by atoms with Gasteiger partial charge in [-0.2, -0.15) is 0 Å². The van der Waals surface area contributed by atoms with Gasteiger partial charge in [0.1, 0.15) is 0 Å². The molecule has 2 rings (SSSR count). The first kappa shape index (κ1) is 20.4. The molecule has 0 aliphatic heterocycles. The maximum absolute atomic E-state index is 12.1. The Morgan fingerprint density at radius 1 is 1.04 bits per heavy atom. The van der Waals surface area contributed by atoms with Gasteiger partial charge in [0.2, 0.25) is 5.91 Å². The summed E-state index contributed by atoms with van der Waals surface area (Å²) in [6.07, 6.45) is 0. The summed E-state index contributed by atoms with van der Waals surface area (Å²) in [4.78, 5) is 35.1. The highest BCUT2D eigenvalue weighted by Gasteiger charge is 2.15. The minimum absolute atomic E-state index is 0.0133. The van der Waals surface area contributed by atoms with Crippen LogP contribution in [0.1, 0.15) is 31.1 Å². The van der Waals surface area contributed by atoms with Crippen molar-refractivity contribution in [3.63, 3.8) is 0 Å². The molecule has 0 saturated heterocycles. The van der Waals surface area contributed by atoms with Gasteiger partial charge in [0, 0.05) is 33.8 Å². The van der Waals surface area contributed by atoms with Gasteiger partial charge in [-0.25, -0.2) is 0 Å². The summed E-state index contributed by atoms with van der Waals surface area (Å²) >= 11 is 1.28. The predicted molar refractivity (Wildman–Crippen MR) is 106 cm³/mol. The van der Waals surface area contributed by atoms with Crippen molar-refractivity contribution in [3.8, 4) is 0 Å². The highest BCUT2D eigenvalue weighted by molar-refractivity contribution is 8.00. The van der Waals surface area contributed by atoms with Gasteiger partial charge in [-0.3, -0.25) is 19.7 Å². The van der Waals surface area contributed by atoms with E-state index in [4.69, 9.17) is 0 Å². The molecule has 0 aromatic heterocycles. The molecule has 0 atom stereocenters. The molecule has 0 heterocycles. The van der Waals surface area contributed by atoms with Gasteiger partial charge in [-0.1, -0.05) is 0 Å². The predicted octanol–water partition coefficient (Wildman–Crippen LogP) is 3.85. The summed E-state index contributed by atoms with van der Waals surface area (Å²) in [5, 5.41) is 16.3. The number of benzene rings is 2. The molecule has 2 amide bonds. The standard InChI is InChI=1S/C19H21N3O4S/c1-19(2,3)21-18(24)13-4-6-14(7-5-13)20-17(23)12-27-16-10-8-15(9-11-16)22(25)26/h4-11H,12H2,1-3H3,(H,20,23)(H,21,24). The van der Waals surface area contributed by atoms with E-state index in [1.807, 2.05) is 20.8 Å². The third-order valence-electron chi connectivity index (χ3n) is 3.34. The second-order valence-corrected chi connectivity index (χ2v) is 7.92. The van der Waals surface area contributed by atoms with E-state index in [-0.39, 0.29) is 28.8 Å². The molecule has 27 heavy (non-hydrogen) atoms. The number of nitro groups is 1. The number of non-ortho nitro benzene ring substituents is 1. The van der Waals surface area contributed by atoms with Crippen molar-refractivity contribution in [2.75, 3.05) is 11.1 Å². The summed E-state index contributed by atoms with van der Waals surface area (Å²) in [6, 6.07) is 12.7. The number of rotatable bonds is 6. The van der Waals surface area contributed by atoms with E-state index in [1.54, 1.807) is 36.4 Å². The maximum atomic E-state index is 12.1. The molecule has 142 valence electrons. The first-order chi connectivity index (χ1) is 12.6. The Morgan fingerprint density at radius 3 is 2.15 bits per heavy atom. The smallest absolute Gasteiger partial charge is 0.269 e. The van der Waals surface area contributed by atoms with E-state index in [2.05, 4.69) is 10.6 Å². The monoisotopic (exact) mass is 387 g/mol. The third-order valence-corrected chi connectivity index (χ3v) is 4.35. The van der Waals surface area contributed by atoms with Gasteiger partial charge >= 0.3 is 0 Å². The zero-order valence-electron chi connectivity index (χ0n) is 15.3. The summed E-state index contributed by atoms with van der Waals surface area (Å²) in [5.74, 6) is -0.205. The van der Waals surface area contributed by atoms with Crippen LogP contribution in [-0.2, 0) is 4.79 Å². The van der Waals surface area contributed by atoms with Crippen LogP contribution >= 0.6 is 11.8 Å². The number of hydrogen-bond donors (Lipinski definition) is 2. The fourth-order valence-electron chi connectivity index (χ4n) is 2.13. The van der Waals surface area contributed by atoms with Crippen molar-refractivity contribution in [1.82, 2.24) is 5.32 Å². The van der Waals surface area contributed by atoms with Gasteiger partial charge in [-0.05, 0) is 57.2 Å². The lowest BCUT2D eigenvalue weighted by atomic mass is 10.1. The molecule has 0 fully saturated rings. The van der Waals surface area contributed by atoms with E-state index in [9.17, 15) is 19.7 Å². The minimum atomic E-state index is -0.466. The highest BCUT2D eigenvalue weighted by Crippen LogP contribution is 2.21. The molecule has 2 aromatic rings. The molecule has 0 bridgehead atoms. The second kappa shape index (κ2) is 8.68. The average molecular weight is 387 g/mol. The van der Waals surface area contributed by atoms with Crippen molar-refractivity contribution in [3.05, 3.63) is 64.2 Å². The van der Waals surface area contributed by atoms with Crippen molar-refractivity contribution in [2.45, 2.75) is 31.2 Å². The van der Waals surface area contributed by atoms with Crippen molar-refractivity contribution in [2.24, 2.45) is 0 Å². The lowest BCUT2D eigenvalue weighted by molar-refractivity contribution is -0.384. The summed E-state index contributed by atoms with van der Waals surface area (Å²) < 4.78 is 0. The zero-order chi connectivity index (χ0) is 20.0. The summed E-state index contributed by atoms with van der Waals surface area (Å²) in [5.41, 5.74) is 0.804. The van der Waals surface area contributed by atoms with Crippen LogP contribution in [0, 0.1) is 10.1 Å². The Morgan fingerprint density at radius 2 is 1.63 bits per heavy atom. The number of carbonyl (C=O) groups is 2. The molecule has 0 spiro atoms. The molecular formula is C19H21N3O4S. The van der Waals surface area contributed by atoms with E-state index in [0.29, 0.717) is 11.3 Å². The summed E-state index contributed by atoms with van der Waals surface area (Å²) in [6.45, 7) is 5.71. The van der Waals surface area contributed by atoms with E-state index in [0.717, 1.165) is 4.90 Å². The fourth-order valence-corrected chi connectivity index (χ4v) is 2.83. The molecule has 0 aliphatic carbocycles. The topological polar surface area (TPSA) is 101 Å². The van der Waals surface area contributed by atoms with Gasteiger partial charge < -0.3 is 10.6 Å². The van der Waals surface area contributed by atoms with Crippen molar-refractivity contribution in [1.29, 1.82) is 0 Å². The Hall–Kier alpha value is -2.87. The van der Waals surface area contributed by atoms with Gasteiger partial charge in [0.05, 0.1) is 10.7 Å². The lowest BCUT2D eigenvalue weighted by Gasteiger charge is -2.20. The minimum Gasteiger partial charge on any atom is -0.347 e. The van der Waals surface area contributed by atoms with Crippen LogP contribution in [0.5, 0.6) is 0 Å². The van der Waals surface area contributed by atoms with E-state index in [1.165, 1.54) is 23.9 Å². The zero-order valence-corrected chi connectivity index (χ0v) is 16.1. The Bertz CT molecular complexity index is 828.